The lowest BCUT2D eigenvalue weighted by atomic mass is 9.96. The molecule has 0 radical (unpaired) electrons. The summed E-state index contributed by atoms with van der Waals surface area (Å²) < 4.78 is 11.8. The first-order chi connectivity index (χ1) is 9.99. The predicted octanol–water partition coefficient (Wildman–Crippen LogP) is -1.25. The molecular formula is C13H20N2O6. The summed E-state index contributed by atoms with van der Waals surface area (Å²) in [5.74, 6) is -0.412. The Kier molecular flexibility index (Phi) is 4.94. The number of methoxy groups -OCH3 is 1. The highest BCUT2D eigenvalue weighted by atomic mass is 16.5. The summed E-state index contributed by atoms with van der Waals surface area (Å²) in [5, 5.41) is 19.4. The van der Waals surface area contributed by atoms with Crippen LogP contribution in [0, 0.1) is 12.8 Å². The molecule has 1 aliphatic rings. The first kappa shape index (κ1) is 15.9. The van der Waals surface area contributed by atoms with Crippen LogP contribution in [0.2, 0.25) is 0 Å². The number of H-pyrrole nitrogens is 1. The second-order valence-electron chi connectivity index (χ2n) is 5.16. The molecule has 4 atom stereocenters. The van der Waals surface area contributed by atoms with E-state index < -0.39 is 35.6 Å². The van der Waals surface area contributed by atoms with Gasteiger partial charge in [-0.25, -0.2) is 4.79 Å². The van der Waals surface area contributed by atoms with Crippen molar-refractivity contribution in [3.05, 3.63) is 32.6 Å². The molecule has 0 bridgehead atoms. The van der Waals surface area contributed by atoms with Gasteiger partial charge in [0.05, 0.1) is 12.7 Å². The Labute approximate surface area is 120 Å². The maximum absolute atomic E-state index is 12.0. The standard InChI is InChI=1S/C13H20N2O6/c1-7-5-15(13(19)14-11(7)18)12-8(3-4-20-2)10(17)9(6-16)21-12/h5,8-10,12,16-17H,3-4,6H2,1-2H3,(H,14,18,19)/t8?,9-,10?,12-/m1/s1. The van der Waals surface area contributed by atoms with Gasteiger partial charge in [0.25, 0.3) is 5.56 Å². The van der Waals surface area contributed by atoms with Crippen LogP contribution in [0.1, 0.15) is 18.2 Å². The van der Waals surface area contributed by atoms with Crippen molar-refractivity contribution < 1.29 is 19.7 Å². The molecule has 1 fully saturated rings. The molecule has 0 aromatic carbocycles. The number of aliphatic hydroxyl groups excluding tert-OH is 2. The number of aryl methyl sites for hydroxylation is 1. The number of nitrogens with zero attached hydrogens (tertiary/aromatic N) is 1. The summed E-state index contributed by atoms with van der Waals surface area (Å²) in [6.07, 6.45) is -0.567. The zero-order chi connectivity index (χ0) is 15.6. The molecule has 118 valence electrons. The number of rotatable bonds is 5. The Balaban J connectivity index is 2.37. The largest absolute Gasteiger partial charge is 0.394 e. The molecule has 0 saturated carbocycles. The first-order valence-electron chi connectivity index (χ1n) is 6.75. The Hall–Kier alpha value is -1.48. The van der Waals surface area contributed by atoms with E-state index in [-0.39, 0.29) is 6.61 Å². The molecule has 8 heteroatoms. The summed E-state index contributed by atoms with van der Waals surface area (Å²) in [7, 11) is 1.54. The van der Waals surface area contributed by atoms with Gasteiger partial charge in [-0.2, -0.15) is 0 Å². The van der Waals surface area contributed by atoms with Crippen LogP contribution in [-0.4, -0.2) is 52.3 Å². The molecule has 3 N–H and O–H groups in total. The van der Waals surface area contributed by atoms with Crippen LogP contribution in [-0.2, 0) is 9.47 Å². The number of hydrogen-bond acceptors (Lipinski definition) is 6. The fourth-order valence-electron chi connectivity index (χ4n) is 2.57. The van der Waals surface area contributed by atoms with E-state index >= 15 is 0 Å². The van der Waals surface area contributed by atoms with Gasteiger partial charge in [-0.3, -0.25) is 14.3 Å². The van der Waals surface area contributed by atoms with Gasteiger partial charge in [0.1, 0.15) is 12.3 Å². The van der Waals surface area contributed by atoms with Gasteiger partial charge in [0, 0.05) is 31.4 Å². The molecule has 21 heavy (non-hydrogen) atoms. The molecule has 0 aliphatic carbocycles. The minimum Gasteiger partial charge on any atom is -0.394 e. The lowest BCUT2D eigenvalue weighted by molar-refractivity contribution is -0.0488. The summed E-state index contributed by atoms with van der Waals surface area (Å²) >= 11 is 0. The highest BCUT2D eigenvalue weighted by molar-refractivity contribution is 5.03. The Bertz CT molecular complexity index is 595. The summed E-state index contributed by atoms with van der Waals surface area (Å²) in [6, 6.07) is 0. The zero-order valence-electron chi connectivity index (χ0n) is 12.0. The Morgan fingerprint density at radius 3 is 2.81 bits per heavy atom. The van der Waals surface area contributed by atoms with Crippen molar-refractivity contribution in [2.24, 2.45) is 5.92 Å². The van der Waals surface area contributed by atoms with Crippen LogP contribution in [0.25, 0.3) is 0 Å². The van der Waals surface area contributed by atoms with Gasteiger partial charge in [-0.15, -0.1) is 0 Å². The fraction of sp³-hybridized carbons (Fsp3) is 0.692. The SMILES string of the molecule is COCCC1C(O)[C@@H](CO)O[C@H]1n1cc(C)c(=O)[nH]c1=O. The Morgan fingerprint density at radius 2 is 2.19 bits per heavy atom. The molecule has 1 saturated heterocycles. The fourth-order valence-corrected chi connectivity index (χ4v) is 2.57. The van der Waals surface area contributed by atoms with E-state index in [1.807, 2.05) is 0 Å². The molecule has 0 amide bonds. The Morgan fingerprint density at radius 1 is 1.48 bits per heavy atom. The molecular weight excluding hydrogens is 280 g/mol. The summed E-state index contributed by atoms with van der Waals surface area (Å²) in [4.78, 5) is 25.6. The topological polar surface area (TPSA) is 114 Å². The van der Waals surface area contributed by atoms with Crippen LogP contribution >= 0.6 is 0 Å². The van der Waals surface area contributed by atoms with Crippen molar-refractivity contribution in [3.8, 4) is 0 Å². The van der Waals surface area contributed by atoms with Crippen LogP contribution in [0.15, 0.2) is 15.8 Å². The third-order valence-electron chi connectivity index (χ3n) is 3.76. The molecule has 1 aliphatic heterocycles. The highest BCUT2D eigenvalue weighted by Crippen LogP contribution is 2.36. The number of ether oxygens (including phenoxy) is 2. The van der Waals surface area contributed by atoms with Gasteiger partial charge in [0.15, 0.2) is 0 Å². The van der Waals surface area contributed by atoms with Crippen LogP contribution in [0.3, 0.4) is 0 Å². The minimum absolute atomic E-state index is 0.349. The lowest BCUT2D eigenvalue weighted by Crippen LogP contribution is -2.36. The predicted molar refractivity (Wildman–Crippen MR) is 73.0 cm³/mol. The lowest BCUT2D eigenvalue weighted by Gasteiger charge is -2.21. The molecule has 2 heterocycles. The van der Waals surface area contributed by atoms with Gasteiger partial charge >= 0.3 is 5.69 Å². The highest BCUT2D eigenvalue weighted by Gasteiger charge is 2.44. The van der Waals surface area contributed by atoms with Gasteiger partial charge in [-0.05, 0) is 13.3 Å². The third-order valence-corrected chi connectivity index (χ3v) is 3.76. The maximum atomic E-state index is 12.0. The van der Waals surface area contributed by atoms with Crippen molar-refractivity contribution in [1.82, 2.24) is 9.55 Å². The molecule has 1 aromatic rings. The van der Waals surface area contributed by atoms with E-state index in [0.717, 1.165) is 0 Å². The average molecular weight is 300 g/mol. The number of aromatic amines is 1. The van der Waals surface area contributed by atoms with E-state index in [9.17, 15) is 19.8 Å². The van der Waals surface area contributed by atoms with Crippen LogP contribution in [0.5, 0.6) is 0 Å². The molecule has 2 unspecified atom stereocenters. The van der Waals surface area contributed by atoms with E-state index in [1.54, 1.807) is 6.92 Å². The summed E-state index contributed by atoms with van der Waals surface area (Å²) in [5.41, 5.74) is -0.698. The van der Waals surface area contributed by atoms with Crippen molar-refractivity contribution in [2.45, 2.75) is 31.8 Å². The van der Waals surface area contributed by atoms with Crippen LogP contribution in [0.4, 0.5) is 0 Å². The quantitative estimate of drug-likeness (QED) is 0.626. The van der Waals surface area contributed by atoms with Crippen molar-refractivity contribution in [2.75, 3.05) is 20.3 Å². The maximum Gasteiger partial charge on any atom is 0.330 e. The number of nitrogens with one attached hydrogen (secondary N) is 1. The smallest absolute Gasteiger partial charge is 0.330 e. The van der Waals surface area contributed by atoms with Gasteiger partial charge < -0.3 is 19.7 Å². The van der Waals surface area contributed by atoms with E-state index in [1.165, 1.54) is 17.9 Å². The number of hydrogen-bond donors (Lipinski definition) is 3. The molecule has 1 aromatic heterocycles. The van der Waals surface area contributed by atoms with Crippen molar-refractivity contribution in [3.63, 3.8) is 0 Å². The third kappa shape index (κ3) is 3.08. The molecule has 0 spiro atoms. The number of aliphatic hydroxyl groups is 2. The molecule has 2 rings (SSSR count). The van der Waals surface area contributed by atoms with Crippen molar-refractivity contribution in [1.29, 1.82) is 0 Å². The zero-order valence-corrected chi connectivity index (χ0v) is 12.0. The normalized spacial score (nSPS) is 29.0. The van der Waals surface area contributed by atoms with E-state index in [0.29, 0.717) is 18.6 Å². The van der Waals surface area contributed by atoms with E-state index in [2.05, 4.69) is 4.98 Å². The molecule has 8 nitrogen and oxygen atoms in total. The van der Waals surface area contributed by atoms with Gasteiger partial charge in [-0.1, -0.05) is 0 Å². The summed E-state index contributed by atoms with van der Waals surface area (Å²) in [6.45, 7) is 1.61. The number of aromatic nitrogens is 2. The minimum atomic E-state index is -0.908. The first-order valence-corrected chi connectivity index (χ1v) is 6.75. The van der Waals surface area contributed by atoms with E-state index in [4.69, 9.17) is 9.47 Å². The monoisotopic (exact) mass is 300 g/mol. The van der Waals surface area contributed by atoms with Crippen molar-refractivity contribution >= 4 is 0 Å². The second-order valence-corrected chi connectivity index (χ2v) is 5.16. The second kappa shape index (κ2) is 6.52. The van der Waals surface area contributed by atoms with Gasteiger partial charge in [0.2, 0.25) is 0 Å². The van der Waals surface area contributed by atoms with Crippen LogP contribution < -0.4 is 11.2 Å². The average Bonchev–Trinajstić information content (AvgIpc) is 2.77.